The maximum absolute atomic E-state index is 12.6. The number of carbonyl (C=O) groups is 3. The van der Waals surface area contributed by atoms with Gasteiger partial charge in [-0.15, -0.1) is 0 Å². The van der Waals surface area contributed by atoms with Crippen molar-refractivity contribution < 1.29 is 18.8 Å². The second-order valence-electron chi connectivity index (χ2n) is 6.24. The maximum Gasteiger partial charge on any atom is 0.324 e. The van der Waals surface area contributed by atoms with Crippen LogP contribution in [-0.2, 0) is 4.79 Å². The highest BCUT2D eigenvalue weighted by atomic mass is 35.5. The van der Waals surface area contributed by atoms with Crippen LogP contribution in [0.2, 0.25) is 5.02 Å². The Labute approximate surface area is 170 Å². The summed E-state index contributed by atoms with van der Waals surface area (Å²) < 4.78 is 7.05. The third kappa shape index (κ3) is 3.85. The maximum atomic E-state index is 12.6. The Morgan fingerprint density at radius 2 is 2.03 bits per heavy atom. The molecule has 0 aliphatic carbocycles. The van der Waals surface area contributed by atoms with Crippen molar-refractivity contribution in [1.82, 2.24) is 25.3 Å². The van der Waals surface area contributed by atoms with Gasteiger partial charge in [-0.2, -0.15) is 5.10 Å². The van der Waals surface area contributed by atoms with Crippen LogP contribution in [0.3, 0.4) is 0 Å². The number of nitrogens with one attached hydrogen (secondary N) is 2. The zero-order valence-electron chi connectivity index (χ0n) is 15.1. The van der Waals surface area contributed by atoms with Crippen molar-refractivity contribution in [3.63, 3.8) is 0 Å². The minimum atomic E-state index is -0.462. The molecule has 2 aromatic heterocycles. The van der Waals surface area contributed by atoms with E-state index in [4.69, 9.17) is 16.0 Å². The quantitative estimate of drug-likeness (QED) is 0.601. The van der Waals surface area contributed by atoms with Crippen LogP contribution in [0.25, 0.3) is 17.1 Å². The van der Waals surface area contributed by atoms with E-state index in [0.717, 1.165) is 4.90 Å². The molecule has 3 heterocycles. The molecule has 1 saturated heterocycles. The van der Waals surface area contributed by atoms with Crippen LogP contribution in [0.15, 0.2) is 53.1 Å². The second-order valence-corrected chi connectivity index (χ2v) is 6.68. The fraction of sp³-hybridized carbons (Fsp3) is 0.158. The van der Waals surface area contributed by atoms with Gasteiger partial charge in [0.15, 0.2) is 11.5 Å². The molecule has 10 heteroatoms. The molecule has 0 saturated carbocycles. The summed E-state index contributed by atoms with van der Waals surface area (Å²) in [5, 5.41) is 10.1. The molecule has 0 unspecified atom stereocenters. The minimum Gasteiger partial charge on any atom is -0.463 e. The minimum absolute atomic E-state index is 0.0230. The number of urea groups is 1. The van der Waals surface area contributed by atoms with Crippen LogP contribution >= 0.6 is 11.6 Å². The molecule has 1 aliphatic heterocycles. The molecule has 4 rings (SSSR count). The van der Waals surface area contributed by atoms with Crippen molar-refractivity contribution in [2.75, 3.05) is 19.6 Å². The molecule has 1 aromatic carbocycles. The van der Waals surface area contributed by atoms with Crippen molar-refractivity contribution in [2.45, 2.75) is 0 Å². The van der Waals surface area contributed by atoms with E-state index in [9.17, 15) is 14.4 Å². The van der Waals surface area contributed by atoms with Gasteiger partial charge in [-0.25, -0.2) is 9.48 Å². The van der Waals surface area contributed by atoms with E-state index < -0.39 is 11.9 Å². The Bertz CT molecular complexity index is 1040. The summed E-state index contributed by atoms with van der Waals surface area (Å²) in [5.74, 6) is -0.209. The summed E-state index contributed by atoms with van der Waals surface area (Å²) in [6.45, 7) is 0.173. The van der Waals surface area contributed by atoms with E-state index in [0.29, 0.717) is 22.2 Å². The zero-order chi connectivity index (χ0) is 20.4. The first-order valence-electron chi connectivity index (χ1n) is 8.79. The molecular weight excluding hydrogens is 398 g/mol. The van der Waals surface area contributed by atoms with Gasteiger partial charge in [0.2, 0.25) is 5.91 Å². The van der Waals surface area contributed by atoms with Crippen molar-refractivity contribution in [1.29, 1.82) is 0 Å². The second kappa shape index (κ2) is 7.80. The molecule has 4 amide bonds. The van der Waals surface area contributed by atoms with E-state index in [1.807, 2.05) is 0 Å². The topological polar surface area (TPSA) is 109 Å². The number of carbonyl (C=O) groups excluding carboxylic acids is 3. The van der Waals surface area contributed by atoms with Crippen LogP contribution in [0, 0.1) is 0 Å². The van der Waals surface area contributed by atoms with Gasteiger partial charge >= 0.3 is 6.03 Å². The highest BCUT2D eigenvalue weighted by Gasteiger charge is 2.28. The fourth-order valence-electron chi connectivity index (χ4n) is 2.92. The standard InChI is InChI=1S/C19H16ClN5O4/c20-12-3-5-13(6-4-12)25-15(16-2-1-9-29-16)10-14(23-25)18(27)21-7-8-24-17(26)11-22-19(24)28/h1-6,9-10H,7-8,11H2,(H,21,27)(H,22,28). The first kappa shape index (κ1) is 18.8. The lowest BCUT2D eigenvalue weighted by molar-refractivity contribution is -0.124. The number of halogens is 1. The van der Waals surface area contributed by atoms with Gasteiger partial charge in [0, 0.05) is 24.2 Å². The summed E-state index contributed by atoms with van der Waals surface area (Å²) in [5.41, 5.74) is 1.47. The summed E-state index contributed by atoms with van der Waals surface area (Å²) in [7, 11) is 0. The van der Waals surface area contributed by atoms with E-state index in [2.05, 4.69) is 15.7 Å². The highest BCUT2D eigenvalue weighted by Crippen LogP contribution is 2.25. The molecule has 148 valence electrons. The predicted octanol–water partition coefficient (Wildman–Crippen LogP) is 2.07. The van der Waals surface area contributed by atoms with E-state index in [1.165, 1.54) is 6.26 Å². The third-order valence-corrected chi connectivity index (χ3v) is 4.60. The van der Waals surface area contributed by atoms with Crippen LogP contribution in [-0.4, -0.2) is 52.2 Å². The lowest BCUT2D eigenvalue weighted by atomic mass is 10.2. The van der Waals surface area contributed by atoms with Gasteiger partial charge in [0.1, 0.15) is 5.69 Å². The number of hydrogen-bond acceptors (Lipinski definition) is 5. The van der Waals surface area contributed by atoms with E-state index in [1.54, 1.807) is 47.1 Å². The smallest absolute Gasteiger partial charge is 0.324 e. The third-order valence-electron chi connectivity index (χ3n) is 4.34. The average molecular weight is 414 g/mol. The monoisotopic (exact) mass is 413 g/mol. The van der Waals surface area contributed by atoms with Crippen LogP contribution in [0.4, 0.5) is 4.79 Å². The summed E-state index contributed by atoms with van der Waals surface area (Å²) >= 11 is 5.96. The highest BCUT2D eigenvalue weighted by molar-refractivity contribution is 6.30. The average Bonchev–Trinajstić information content (AvgIpc) is 3.44. The van der Waals surface area contributed by atoms with E-state index >= 15 is 0 Å². The number of rotatable bonds is 6. The number of amides is 4. The Balaban J connectivity index is 1.53. The largest absolute Gasteiger partial charge is 0.463 e. The summed E-state index contributed by atoms with van der Waals surface area (Å²) in [6.07, 6.45) is 1.53. The van der Waals surface area contributed by atoms with Crippen LogP contribution in [0.5, 0.6) is 0 Å². The van der Waals surface area contributed by atoms with Gasteiger partial charge in [-0.1, -0.05) is 11.6 Å². The SMILES string of the molecule is O=C(NCCN1C(=O)CNC1=O)c1cc(-c2ccco2)n(-c2ccc(Cl)cc2)n1. The Hall–Kier alpha value is -3.59. The number of hydrogen-bond donors (Lipinski definition) is 2. The molecule has 3 aromatic rings. The first-order chi connectivity index (χ1) is 14.0. The van der Waals surface area contributed by atoms with Crippen LogP contribution in [0.1, 0.15) is 10.5 Å². The van der Waals surface area contributed by atoms with Crippen molar-refractivity contribution in [3.8, 4) is 17.1 Å². The molecular formula is C19H16ClN5O4. The van der Waals surface area contributed by atoms with Gasteiger partial charge in [0.25, 0.3) is 5.91 Å². The molecule has 0 bridgehead atoms. The number of nitrogens with zero attached hydrogens (tertiary/aromatic N) is 3. The predicted molar refractivity (Wildman–Crippen MR) is 104 cm³/mol. The lowest BCUT2D eigenvalue weighted by Gasteiger charge is -2.12. The zero-order valence-corrected chi connectivity index (χ0v) is 15.8. The number of furan rings is 1. The molecule has 29 heavy (non-hydrogen) atoms. The Kier molecular flexibility index (Phi) is 5.05. The van der Waals surface area contributed by atoms with Crippen molar-refractivity contribution >= 4 is 29.4 Å². The van der Waals surface area contributed by atoms with Gasteiger partial charge < -0.3 is 15.1 Å². The molecule has 9 nitrogen and oxygen atoms in total. The van der Waals surface area contributed by atoms with Crippen LogP contribution < -0.4 is 10.6 Å². The van der Waals surface area contributed by atoms with Crippen molar-refractivity contribution in [3.05, 3.63) is 59.4 Å². The van der Waals surface area contributed by atoms with E-state index in [-0.39, 0.29) is 31.2 Å². The molecule has 0 spiro atoms. The molecule has 0 atom stereocenters. The normalized spacial score (nSPS) is 13.6. The molecule has 2 N–H and O–H groups in total. The number of aromatic nitrogens is 2. The Morgan fingerprint density at radius 3 is 2.69 bits per heavy atom. The number of benzene rings is 1. The van der Waals surface area contributed by atoms with Gasteiger partial charge in [-0.05, 0) is 36.4 Å². The summed E-state index contributed by atoms with van der Waals surface area (Å²) in [4.78, 5) is 36.7. The fourth-order valence-corrected chi connectivity index (χ4v) is 3.05. The first-order valence-corrected chi connectivity index (χ1v) is 9.17. The number of imide groups is 1. The lowest BCUT2D eigenvalue weighted by Crippen LogP contribution is -2.38. The summed E-state index contributed by atoms with van der Waals surface area (Å²) in [6, 6.07) is 11.7. The van der Waals surface area contributed by atoms with Crippen molar-refractivity contribution in [2.24, 2.45) is 0 Å². The van der Waals surface area contributed by atoms with Gasteiger partial charge in [-0.3, -0.25) is 14.5 Å². The van der Waals surface area contributed by atoms with Gasteiger partial charge in [0.05, 0.1) is 18.5 Å². The molecule has 1 aliphatic rings. The molecule has 1 fully saturated rings. The Morgan fingerprint density at radius 1 is 1.24 bits per heavy atom. The molecule has 0 radical (unpaired) electrons.